The van der Waals surface area contributed by atoms with Crippen LogP contribution >= 0.6 is 0 Å². The van der Waals surface area contributed by atoms with Gasteiger partial charge in [0.05, 0.1) is 5.92 Å². The van der Waals surface area contributed by atoms with Crippen molar-refractivity contribution in [2.75, 3.05) is 23.7 Å². The summed E-state index contributed by atoms with van der Waals surface area (Å²) in [5.74, 6) is 0.849. The molecule has 1 aliphatic heterocycles. The molecule has 1 amide bonds. The molecular weight excluding hydrogens is 182 g/mol. The fourth-order valence-corrected chi connectivity index (χ4v) is 1.38. The zero-order valence-corrected chi connectivity index (χ0v) is 7.55. The third-order valence-electron chi connectivity index (χ3n) is 2.28. The lowest BCUT2D eigenvalue weighted by molar-refractivity contribution is -0.122. The molecule has 1 saturated heterocycles. The first-order valence-corrected chi connectivity index (χ1v) is 4.28. The third kappa shape index (κ3) is 1.46. The van der Waals surface area contributed by atoms with Crippen LogP contribution in [0.4, 0.5) is 11.6 Å². The van der Waals surface area contributed by atoms with Crippen LogP contribution < -0.4 is 16.4 Å². The second kappa shape index (κ2) is 3.13. The van der Waals surface area contributed by atoms with E-state index in [-0.39, 0.29) is 11.8 Å². The molecule has 0 unspecified atom stereocenters. The Kier molecular flexibility index (Phi) is 1.95. The van der Waals surface area contributed by atoms with Crippen LogP contribution in [0, 0.1) is 5.92 Å². The van der Waals surface area contributed by atoms with Gasteiger partial charge in [0.15, 0.2) is 0 Å². The molecule has 0 atom stereocenters. The molecule has 0 aromatic carbocycles. The van der Waals surface area contributed by atoms with Crippen LogP contribution in [0.15, 0.2) is 12.4 Å². The molecular formula is C8H11N5O. The molecule has 0 aliphatic carbocycles. The molecule has 6 heteroatoms. The van der Waals surface area contributed by atoms with E-state index in [0.29, 0.717) is 18.9 Å². The van der Waals surface area contributed by atoms with Gasteiger partial charge in [-0.1, -0.05) is 0 Å². The van der Waals surface area contributed by atoms with Crippen molar-refractivity contribution in [2.45, 2.75) is 0 Å². The van der Waals surface area contributed by atoms with Gasteiger partial charge < -0.3 is 16.4 Å². The van der Waals surface area contributed by atoms with Gasteiger partial charge in [-0.05, 0) is 0 Å². The number of anilines is 2. The van der Waals surface area contributed by atoms with Crippen LogP contribution in [-0.2, 0) is 4.79 Å². The second-order valence-electron chi connectivity index (χ2n) is 3.31. The van der Waals surface area contributed by atoms with E-state index in [2.05, 4.69) is 9.97 Å². The van der Waals surface area contributed by atoms with Crippen molar-refractivity contribution in [2.24, 2.45) is 11.7 Å². The van der Waals surface area contributed by atoms with Crippen molar-refractivity contribution < 1.29 is 4.79 Å². The normalized spacial score (nSPS) is 16.4. The maximum absolute atomic E-state index is 10.8. The highest BCUT2D eigenvalue weighted by molar-refractivity contribution is 5.80. The minimum absolute atomic E-state index is 0.0637. The highest BCUT2D eigenvalue weighted by Gasteiger charge is 2.31. The molecule has 6 nitrogen and oxygen atoms in total. The van der Waals surface area contributed by atoms with Crippen LogP contribution in [0.2, 0.25) is 0 Å². The number of rotatable bonds is 2. The number of nitrogens with two attached hydrogens (primary N) is 2. The van der Waals surface area contributed by atoms with Crippen LogP contribution in [0.25, 0.3) is 0 Å². The number of amides is 1. The number of primary amides is 1. The number of carbonyl (C=O) groups excluding carboxylic acids is 1. The molecule has 4 N–H and O–H groups in total. The van der Waals surface area contributed by atoms with E-state index in [1.54, 1.807) is 6.07 Å². The zero-order valence-electron chi connectivity index (χ0n) is 7.55. The number of nitrogens with zero attached hydrogens (tertiary/aromatic N) is 3. The van der Waals surface area contributed by atoms with Crippen molar-refractivity contribution in [1.29, 1.82) is 0 Å². The molecule has 0 radical (unpaired) electrons. The maximum Gasteiger partial charge on any atom is 0.224 e. The molecule has 1 aromatic rings. The minimum atomic E-state index is -0.261. The summed E-state index contributed by atoms with van der Waals surface area (Å²) in [6.07, 6.45) is 1.41. The summed E-state index contributed by atoms with van der Waals surface area (Å²) >= 11 is 0. The first kappa shape index (κ1) is 8.74. The van der Waals surface area contributed by atoms with Gasteiger partial charge in [0.25, 0.3) is 0 Å². The molecule has 0 bridgehead atoms. The quantitative estimate of drug-likeness (QED) is 0.626. The summed E-state index contributed by atoms with van der Waals surface area (Å²) in [6, 6.07) is 1.68. The Morgan fingerprint density at radius 3 is 2.79 bits per heavy atom. The third-order valence-corrected chi connectivity index (χ3v) is 2.28. The standard InChI is InChI=1S/C8H11N5O/c9-6-1-7(12-4-11-6)13-2-5(3-13)8(10)14/h1,4-5H,2-3H2,(H2,10,14)(H2,9,11,12). The summed E-state index contributed by atoms with van der Waals surface area (Å²) in [6.45, 7) is 1.23. The number of nitrogen functional groups attached to an aromatic ring is 1. The van der Waals surface area contributed by atoms with Crippen LogP contribution in [0.5, 0.6) is 0 Å². The lowest BCUT2D eigenvalue weighted by Gasteiger charge is -2.38. The largest absolute Gasteiger partial charge is 0.384 e. The molecule has 14 heavy (non-hydrogen) atoms. The number of carbonyl (C=O) groups is 1. The highest BCUT2D eigenvalue weighted by Crippen LogP contribution is 2.22. The van der Waals surface area contributed by atoms with Gasteiger partial charge in [-0.15, -0.1) is 0 Å². The lowest BCUT2D eigenvalue weighted by Crippen LogP contribution is -2.52. The molecule has 2 heterocycles. The molecule has 1 aromatic heterocycles. The van der Waals surface area contributed by atoms with E-state index in [1.165, 1.54) is 6.33 Å². The Bertz CT molecular complexity index is 361. The number of aromatic nitrogens is 2. The van der Waals surface area contributed by atoms with Gasteiger partial charge in [0.2, 0.25) is 5.91 Å². The second-order valence-corrected chi connectivity index (χ2v) is 3.31. The highest BCUT2D eigenvalue weighted by atomic mass is 16.1. The smallest absolute Gasteiger partial charge is 0.224 e. The van der Waals surface area contributed by atoms with Crippen molar-refractivity contribution in [3.63, 3.8) is 0 Å². The van der Waals surface area contributed by atoms with E-state index in [4.69, 9.17) is 11.5 Å². The van der Waals surface area contributed by atoms with E-state index < -0.39 is 0 Å². The fourth-order valence-electron chi connectivity index (χ4n) is 1.38. The SMILES string of the molecule is NC(=O)C1CN(c2cc(N)ncn2)C1. The van der Waals surface area contributed by atoms with Gasteiger partial charge in [-0.3, -0.25) is 4.79 Å². The summed E-state index contributed by atoms with van der Waals surface area (Å²) in [5.41, 5.74) is 10.6. The first-order valence-electron chi connectivity index (χ1n) is 4.28. The van der Waals surface area contributed by atoms with Crippen LogP contribution in [-0.4, -0.2) is 29.0 Å². The van der Waals surface area contributed by atoms with Gasteiger partial charge >= 0.3 is 0 Å². The van der Waals surface area contributed by atoms with Gasteiger partial charge in [-0.2, -0.15) is 0 Å². The fraction of sp³-hybridized carbons (Fsp3) is 0.375. The molecule has 1 fully saturated rings. The molecule has 0 saturated carbocycles. The van der Waals surface area contributed by atoms with Crippen molar-refractivity contribution in [3.8, 4) is 0 Å². The van der Waals surface area contributed by atoms with Crippen molar-refractivity contribution >= 4 is 17.5 Å². The Labute approximate surface area is 80.9 Å². The average Bonchev–Trinajstić information content (AvgIpc) is 2.00. The minimum Gasteiger partial charge on any atom is -0.384 e. The number of hydrogen-bond donors (Lipinski definition) is 2. The van der Waals surface area contributed by atoms with E-state index in [1.807, 2.05) is 4.90 Å². The topological polar surface area (TPSA) is 98.1 Å². The van der Waals surface area contributed by atoms with Gasteiger partial charge in [-0.25, -0.2) is 9.97 Å². The van der Waals surface area contributed by atoms with Crippen molar-refractivity contribution in [1.82, 2.24) is 9.97 Å². The molecule has 1 aliphatic rings. The van der Waals surface area contributed by atoms with Crippen molar-refractivity contribution in [3.05, 3.63) is 12.4 Å². The van der Waals surface area contributed by atoms with Gasteiger partial charge in [0.1, 0.15) is 18.0 Å². The number of hydrogen-bond acceptors (Lipinski definition) is 5. The Balaban J connectivity index is 2.03. The van der Waals surface area contributed by atoms with Crippen LogP contribution in [0.1, 0.15) is 0 Å². The van der Waals surface area contributed by atoms with Crippen LogP contribution in [0.3, 0.4) is 0 Å². The molecule has 0 spiro atoms. The summed E-state index contributed by atoms with van der Waals surface area (Å²) < 4.78 is 0. The molecule has 74 valence electrons. The monoisotopic (exact) mass is 193 g/mol. The summed E-state index contributed by atoms with van der Waals surface area (Å²) in [5, 5.41) is 0. The van der Waals surface area contributed by atoms with E-state index in [9.17, 15) is 4.79 Å². The Hall–Kier alpha value is -1.85. The summed E-state index contributed by atoms with van der Waals surface area (Å²) in [4.78, 5) is 20.5. The Morgan fingerprint density at radius 1 is 1.50 bits per heavy atom. The first-order chi connectivity index (χ1) is 6.66. The maximum atomic E-state index is 10.8. The average molecular weight is 193 g/mol. The zero-order chi connectivity index (χ0) is 10.1. The predicted octanol–water partition coefficient (Wildman–Crippen LogP) is -1.02. The predicted molar refractivity (Wildman–Crippen MR) is 51.3 cm³/mol. The summed E-state index contributed by atoms with van der Waals surface area (Å²) in [7, 11) is 0. The lowest BCUT2D eigenvalue weighted by atomic mass is 10.00. The van der Waals surface area contributed by atoms with Gasteiger partial charge in [0, 0.05) is 19.2 Å². The Morgan fingerprint density at radius 2 is 2.21 bits per heavy atom. The van der Waals surface area contributed by atoms with E-state index in [0.717, 1.165) is 5.82 Å². The molecule has 2 rings (SSSR count). The van der Waals surface area contributed by atoms with E-state index >= 15 is 0 Å².